The monoisotopic (exact) mass is 262 g/mol. The first-order chi connectivity index (χ1) is 9.04. The van der Waals surface area contributed by atoms with E-state index in [9.17, 15) is 4.79 Å². The lowest BCUT2D eigenvalue weighted by Crippen LogP contribution is -2.46. The van der Waals surface area contributed by atoms with Gasteiger partial charge in [0.05, 0.1) is 12.1 Å². The van der Waals surface area contributed by atoms with Crippen molar-refractivity contribution in [2.45, 2.75) is 32.7 Å². The maximum atomic E-state index is 12.3. The molecule has 4 heteroatoms. The summed E-state index contributed by atoms with van der Waals surface area (Å²) < 4.78 is 5.35. The lowest BCUT2D eigenvalue weighted by molar-refractivity contribution is 0.0889. The van der Waals surface area contributed by atoms with Crippen molar-refractivity contribution in [3.63, 3.8) is 0 Å². The van der Waals surface area contributed by atoms with Crippen LogP contribution in [-0.2, 0) is 4.74 Å². The van der Waals surface area contributed by atoms with E-state index >= 15 is 0 Å². The minimum atomic E-state index is -0.232. The summed E-state index contributed by atoms with van der Waals surface area (Å²) in [5.41, 5.74) is 2.53. The van der Waals surface area contributed by atoms with Crippen LogP contribution < -0.4 is 10.6 Å². The first-order valence-corrected chi connectivity index (χ1v) is 6.79. The molecule has 2 N–H and O–H groups in total. The normalized spacial score (nSPS) is 22.3. The zero-order chi connectivity index (χ0) is 13.9. The second kappa shape index (κ2) is 5.61. The predicted octanol–water partition coefficient (Wildman–Crippen LogP) is 2.34. The number of amides is 1. The summed E-state index contributed by atoms with van der Waals surface area (Å²) in [4.78, 5) is 12.3. The molecule has 104 valence electrons. The molecule has 19 heavy (non-hydrogen) atoms. The number of rotatable bonds is 4. The molecule has 4 nitrogen and oxygen atoms in total. The Morgan fingerprint density at radius 3 is 2.84 bits per heavy atom. The summed E-state index contributed by atoms with van der Waals surface area (Å²) >= 11 is 0. The van der Waals surface area contributed by atoms with Gasteiger partial charge >= 0.3 is 0 Å². The molecular weight excluding hydrogens is 240 g/mol. The maximum Gasteiger partial charge on any atom is 0.252 e. The summed E-state index contributed by atoms with van der Waals surface area (Å²) in [6.07, 6.45) is 0.868. The Kier molecular flexibility index (Phi) is 4.10. The molecule has 1 saturated heterocycles. The van der Waals surface area contributed by atoms with Crippen LogP contribution >= 0.6 is 0 Å². The van der Waals surface area contributed by atoms with Gasteiger partial charge < -0.3 is 15.4 Å². The van der Waals surface area contributed by atoms with Gasteiger partial charge in [-0.15, -0.1) is 0 Å². The van der Waals surface area contributed by atoms with Gasteiger partial charge in [0, 0.05) is 24.4 Å². The number of benzene rings is 1. The van der Waals surface area contributed by atoms with Gasteiger partial charge in [0.15, 0.2) is 0 Å². The van der Waals surface area contributed by atoms with Crippen molar-refractivity contribution >= 4 is 11.6 Å². The fourth-order valence-electron chi connectivity index (χ4n) is 2.34. The smallest absolute Gasteiger partial charge is 0.252 e. The average molecular weight is 262 g/mol. The van der Waals surface area contributed by atoms with E-state index in [4.69, 9.17) is 4.74 Å². The summed E-state index contributed by atoms with van der Waals surface area (Å²) in [7, 11) is 0. The van der Waals surface area contributed by atoms with Crippen LogP contribution in [-0.4, -0.2) is 31.2 Å². The van der Waals surface area contributed by atoms with Crippen LogP contribution in [0, 0.1) is 6.92 Å². The topological polar surface area (TPSA) is 50.4 Å². The van der Waals surface area contributed by atoms with E-state index in [1.807, 2.05) is 32.0 Å². The van der Waals surface area contributed by atoms with Gasteiger partial charge in [-0.05, 0) is 51.0 Å². The number of ether oxygens (including phenoxy) is 1. The molecule has 0 saturated carbocycles. The molecule has 1 heterocycles. The Balaban J connectivity index is 2.10. The Bertz CT molecular complexity index is 465. The highest BCUT2D eigenvalue weighted by Gasteiger charge is 2.31. The predicted molar refractivity (Wildman–Crippen MR) is 76.6 cm³/mol. The Hall–Kier alpha value is -1.55. The Morgan fingerprint density at radius 1 is 1.47 bits per heavy atom. The van der Waals surface area contributed by atoms with Crippen LogP contribution in [0.25, 0.3) is 0 Å². The van der Waals surface area contributed by atoms with Crippen molar-refractivity contribution in [1.82, 2.24) is 5.32 Å². The minimum Gasteiger partial charge on any atom is -0.385 e. The molecule has 0 aromatic heterocycles. The van der Waals surface area contributed by atoms with Crippen molar-refractivity contribution in [1.29, 1.82) is 0 Å². The van der Waals surface area contributed by atoms with Crippen molar-refractivity contribution < 1.29 is 9.53 Å². The number of anilines is 1. The van der Waals surface area contributed by atoms with Gasteiger partial charge in [0.25, 0.3) is 5.91 Å². The quantitative estimate of drug-likeness (QED) is 0.875. The zero-order valence-electron chi connectivity index (χ0n) is 11.9. The van der Waals surface area contributed by atoms with Crippen molar-refractivity contribution in [3.05, 3.63) is 29.3 Å². The lowest BCUT2D eigenvalue weighted by atomic mass is 10.00. The largest absolute Gasteiger partial charge is 0.385 e. The van der Waals surface area contributed by atoms with Crippen molar-refractivity contribution in [2.75, 3.05) is 25.1 Å². The van der Waals surface area contributed by atoms with Crippen LogP contribution in [0.1, 0.15) is 36.2 Å². The fourth-order valence-corrected chi connectivity index (χ4v) is 2.34. The second-order valence-electron chi connectivity index (χ2n) is 5.38. The highest BCUT2D eigenvalue weighted by molar-refractivity contribution is 5.96. The highest BCUT2D eigenvalue weighted by atomic mass is 16.5. The molecule has 0 bridgehead atoms. The van der Waals surface area contributed by atoms with E-state index in [1.165, 1.54) is 0 Å². The third-order valence-corrected chi connectivity index (χ3v) is 3.49. The molecule has 1 aromatic carbocycles. The van der Waals surface area contributed by atoms with Gasteiger partial charge in [-0.3, -0.25) is 4.79 Å². The second-order valence-corrected chi connectivity index (χ2v) is 5.38. The van der Waals surface area contributed by atoms with Gasteiger partial charge in [0.2, 0.25) is 0 Å². The molecule has 1 aromatic rings. The molecule has 1 aliphatic heterocycles. The third kappa shape index (κ3) is 3.26. The maximum absolute atomic E-state index is 12.3. The number of aryl methyl sites for hydroxylation is 1. The van der Waals surface area contributed by atoms with E-state index in [0.717, 1.165) is 36.4 Å². The van der Waals surface area contributed by atoms with Crippen LogP contribution in [0.3, 0.4) is 0 Å². The van der Waals surface area contributed by atoms with Crippen LogP contribution in [0.4, 0.5) is 5.69 Å². The van der Waals surface area contributed by atoms with E-state index in [1.54, 1.807) is 0 Å². The highest BCUT2D eigenvalue weighted by Crippen LogP contribution is 2.20. The number of carbonyl (C=O) groups excluding carboxylic acids is 1. The van der Waals surface area contributed by atoms with Crippen LogP contribution in [0.15, 0.2) is 18.2 Å². The van der Waals surface area contributed by atoms with E-state index < -0.39 is 0 Å². The van der Waals surface area contributed by atoms with Crippen molar-refractivity contribution in [2.24, 2.45) is 0 Å². The summed E-state index contributed by atoms with van der Waals surface area (Å²) in [5.74, 6) is -0.0199. The molecule has 2 rings (SSSR count). The third-order valence-electron chi connectivity index (χ3n) is 3.49. The minimum absolute atomic E-state index is 0.0199. The molecule has 1 amide bonds. The summed E-state index contributed by atoms with van der Waals surface area (Å²) in [6.45, 7) is 8.23. The molecule has 1 aliphatic rings. The molecule has 0 aliphatic carbocycles. The van der Waals surface area contributed by atoms with Crippen molar-refractivity contribution in [3.8, 4) is 0 Å². The molecular formula is C15H22N2O2. The van der Waals surface area contributed by atoms with Crippen LogP contribution in [0.5, 0.6) is 0 Å². The number of hydrogen-bond acceptors (Lipinski definition) is 3. The number of nitrogens with one attached hydrogen (secondary N) is 2. The average Bonchev–Trinajstić information content (AvgIpc) is 2.76. The lowest BCUT2D eigenvalue weighted by Gasteiger charge is -2.24. The molecule has 0 spiro atoms. The summed E-state index contributed by atoms with van der Waals surface area (Å²) in [6, 6.07) is 5.83. The number of hydrogen-bond donors (Lipinski definition) is 2. The van der Waals surface area contributed by atoms with Gasteiger partial charge in [-0.2, -0.15) is 0 Å². The Labute approximate surface area is 114 Å². The van der Waals surface area contributed by atoms with Crippen LogP contribution in [0.2, 0.25) is 0 Å². The Morgan fingerprint density at radius 2 is 2.26 bits per heavy atom. The zero-order valence-corrected chi connectivity index (χ0v) is 11.9. The molecule has 1 fully saturated rings. The van der Waals surface area contributed by atoms with Gasteiger partial charge in [-0.1, -0.05) is 0 Å². The van der Waals surface area contributed by atoms with E-state index in [2.05, 4.69) is 17.6 Å². The SMILES string of the molecule is CCNc1ccc(C(=O)NC2(C)CCOC2)c(C)c1. The standard InChI is InChI=1S/C15H22N2O2/c1-4-16-12-5-6-13(11(2)9-12)14(18)17-15(3)7-8-19-10-15/h5-6,9,16H,4,7-8,10H2,1-3H3,(H,17,18). The first kappa shape index (κ1) is 13.9. The molecule has 1 unspecified atom stereocenters. The summed E-state index contributed by atoms with van der Waals surface area (Å²) in [5, 5.41) is 6.32. The van der Waals surface area contributed by atoms with E-state index in [0.29, 0.717) is 6.61 Å². The molecule has 1 atom stereocenters. The van der Waals surface area contributed by atoms with E-state index in [-0.39, 0.29) is 11.4 Å². The van der Waals surface area contributed by atoms with Gasteiger partial charge in [0.1, 0.15) is 0 Å². The van der Waals surface area contributed by atoms with Gasteiger partial charge in [-0.25, -0.2) is 0 Å². The fraction of sp³-hybridized carbons (Fsp3) is 0.533. The number of carbonyl (C=O) groups is 1. The molecule has 0 radical (unpaired) electrons. The first-order valence-electron chi connectivity index (χ1n) is 6.79.